The van der Waals surface area contributed by atoms with E-state index in [2.05, 4.69) is 31.3 Å². The molecule has 232 valence electrons. The number of hydrogen-bond acceptors (Lipinski definition) is 10. The van der Waals surface area contributed by atoms with Crippen LogP contribution in [0.4, 0.5) is 20.4 Å². The van der Waals surface area contributed by atoms with E-state index < -0.39 is 17.5 Å². The SMILES string of the molecule is N#Cc1c(N)nn2cccc(-c3c(Cl)c4c5c(nc(OC[C@@]67CCCN6C[C@H](F)C7)nc5c3F)N3C[C@H]5CC[C@H](N5)[C@H]3CO4)c12. The number of piperazine rings is 1. The number of anilines is 2. The molecule has 11 nitrogen and oxygen atoms in total. The van der Waals surface area contributed by atoms with Crippen molar-refractivity contribution in [3.8, 4) is 29.0 Å². The smallest absolute Gasteiger partial charge is 0.319 e. The summed E-state index contributed by atoms with van der Waals surface area (Å²) in [7, 11) is 0. The van der Waals surface area contributed by atoms with Crippen molar-refractivity contribution >= 4 is 39.7 Å². The number of nitriles is 1. The molecule has 5 aliphatic rings. The number of hydrogen-bond donors (Lipinski definition) is 2. The number of halogens is 3. The van der Waals surface area contributed by atoms with E-state index in [0.717, 1.165) is 32.2 Å². The molecule has 5 atom stereocenters. The largest absolute Gasteiger partial charge is 0.489 e. The van der Waals surface area contributed by atoms with Crippen LogP contribution in [0.1, 0.15) is 37.7 Å². The maximum absolute atomic E-state index is 17.1. The van der Waals surface area contributed by atoms with E-state index in [0.29, 0.717) is 48.4 Å². The second-order valence-electron chi connectivity index (χ2n) is 12.9. The second kappa shape index (κ2) is 9.75. The minimum absolute atomic E-state index is 0.000467. The molecule has 3 aromatic heterocycles. The zero-order chi connectivity index (χ0) is 30.6. The Morgan fingerprint density at radius 3 is 3.04 bits per heavy atom. The van der Waals surface area contributed by atoms with Crippen LogP contribution in [0.25, 0.3) is 27.5 Å². The van der Waals surface area contributed by atoms with Crippen LogP contribution >= 0.6 is 11.6 Å². The summed E-state index contributed by atoms with van der Waals surface area (Å²) in [4.78, 5) is 13.9. The molecule has 0 amide bonds. The molecular formula is C31H30ClF2N9O2. The molecule has 5 aliphatic heterocycles. The van der Waals surface area contributed by atoms with Gasteiger partial charge in [-0.15, -0.1) is 5.10 Å². The van der Waals surface area contributed by atoms with Gasteiger partial charge in [0.05, 0.1) is 27.5 Å². The van der Waals surface area contributed by atoms with Gasteiger partial charge in [0, 0.05) is 48.9 Å². The molecule has 0 spiro atoms. The number of rotatable bonds is 4. The molecule has 1 aromatic carbocycles. The highest BCUT2D eigenvalue weighted by atomic mass is 35.5. The summed E-state index contributed by atoms with van der Waals surface area (Å²) in [6, 6.07) is 5.83. The number of nitrogen functional groups attached to an aromatic ring is 1. The molecule has 0 aliphatic carbocycles. The van der Waals surface area contributed by atoms with Gasteiger partial charge in [-0.3, -0.25) is 4.90 Å². The third-order valence-corrected chi connectivity index (χ3v) is 10.8. The number of pyridine rings is 1. The van der Waals surface area contributed by atoms with Crippen molar-refractivity contribution in [3.05, 3.63) is 34.7 Å². The van der Waals surface area contributed by atoms with Gasteiger partial charge < -0.3 is 25.4 Å². The molecule has 9 rings (SSSR count). The standard InChI is InChI=1S/C31H30ClF2N9O2/c32-23-21(17-3-1-8-43-26(17)18(10-35)28(36)40-43)24(34)25-22-27(23)44-13-20-19-5-4-16(37-19)12-42(20)29(22)39-30(38-25)45-14-31-6-2-7-41(31)11-15(33)9-31/h1,3,8,15-16,19-20,37H,2,4-7,9,11-14H2,(H2,36,40)/t15-,16-,19+,20-,31+/m1/s1. The van der Waals surface area contributed by atoms with Crippen LogP contribution in [0.5, 0.6) is 11.8 Å². The van der Waals surface area contributed by atoms with E-state index in [-0.39, 0.29) is 64.0 Å². The number of alkyl halides is 1. The average molecular weight is 634 g/mol. The Hall–Kier alpha value is -3.99. The topological polar surface area (TPSA) is 130 Å². The Labute approximate surface area is 261 Å². The van der Waals surface area contributed by atoms with Crippen LogP contribution in [-0.2, 0) is 0 Å². The average Bonchev–Trinajstić information content (AvgIpc) is 3.74. The Morgan fingerprint density at radius 1 is 1.29 bits per heavy atom. The normalized spacial score (nSPS) is 28.6. The van der Waals surface area contributed by atoms with Crippen LogP contribution in [0, 0.1) is 17.1 Å². The summed E-state index contributed by atoms with van der Waals surface area (Å²) in [5.41, 5.74) is 6.41. The molecule has 0 saturated carbocycles. The molecule has 3 N–H and O–H groups in total. The molecule has 14 heteroatoms. The molecular weight excluding hydrogens is 604 g/mol. The first-order chi connectivity index (χ1) is 21.8. The second-order valence-corrected chi connectivity index (χ2v) is 13.3. The number of benzene rings is 1. The third-order valence-electron chi connectivity index (χ3n) is 10.5. The molecule has 8 heterocycles. The maximum Gasteiger partial charge on any atom is 0.319 e. The van der Waals surface area contributed by atoms with Gasteiger partial charge in [-0.25, -0.2) is 13.3 Å². The molecule has 0 radical (unpaired) electrons. The highest BCUT2D eigenvalue weighted by Crippen LogP contribution is 2.50. The van der Waals surface area contributed by atoms with Gasteiger partial charge in [-0.05, 0) is 38.3 Å². The van der Waals surface area contributed by atoms with Gasteiger partial charge in [-0.2, -0.15) is 15.2 Å². The van der Waals surface area contributed by atoms with E-state index in [1.807, 2.05) is 0 Å². The van der Waals surface area contributed by atoms with Crippen LogP contribution in [-0.4, -0.2) is 87.2 Å². The first kappa shape index (κ1) is 27.3. The molecule has 4 saturated heterocycles. The monoisotopic (exact) mass is 633 g/mol. The maximum atomic E-state index is 17.1. The van der Waals surface area contributed by atoms with Gasteiger partial charge in [0.1, 0.15) is 42.4 Å². The zero-order valence-electron chi connectivity index (χ0n) is 24.3. The van der Waals surface area contributed by atoms with Crippen molar-refractivity contribution in [1.29, 1.82) is 5.26 Å². The first-order valence-corrected chi connectivity index (χ1v) is 15.8. The van der Waals surface area contributed by atoms with Crippen LogP contribution in [0.15, 0.2) is 18.3 Å². The predicted molar refractivity (Wildman–Crippen MR) is 163 cm³/mol. The highest BCUT2D eigenvalue weighted by Gasteiger charge is 2.50. The Morgan fingerprint density at radius 2 is 2.18 bits per heavy atom. The van der Waals surface area contributed by atoms with Crippen molar-refractivity contribution < 1.29 is 18.3 Å². The fraction of sp³-hybridized carbons (Fsp3) is 0.484. The Kier molecular flexibility index (Phi) is 5.92. The summed E-state index contributed by atoms with van der Waals surface area (Å²) in [5, 5.41) is 18.2. The van der Waals surface area contributed by atoms with E-state index in [1.165, 1.54) is 4.52 Å². The van der Waals surface area contributed by atoms with E-state index >= 15 is 4.39 Å². The lowest BCUT2D eigenvalue weighted by Crippen LogP contribution is -2.60. The van der Waals surface area contributed by atoms with Crippen molar-refractivity contribution in [2.45, 2.75) is 61.9 Å². The van der Waals surface area contributed by atoms with Crippen LogP contribution < -0.4 is 25.4 Å². The number of nitrogens with one attached hydrogen (secondary N) is 1. The lowest BCUT2D eigenvalue weighted by molar-refractivity contribution is 0.107. The summed E-state index contributed by atoms with van der Waals surface area (Å²) >= 11 is 7.08. The summed E-state index contributed by atoms with van der Waals surface area (Å²) in [6.07, 6.45) is 4.92. The quantitative estimate of drug-likeness (QED) is 0.342. The molecule has 4 aromatic rings. The van der Waals surface area contributed by atoms with E-state index in [9.17, 15) is 9.65 Å². The van der Waals surface area contributed by atoms with Crippen molar-refractivity contribution in [2.75, 3.05) is 43.5 Å². The molecule has 45 heavy (non-hydrogen) atoms. The van der Waals surface area contributed by atoms with Gasteiger partial charge >= 0.3 is 6.01 Å². The summed E-state index contributed by atoms with van der Waals surface area (Å²) in [5.74, 6) is 0.117. The van der Waals surface area contributed by atoms with Gasteiger partial charge in [0.2, 0.25) is 0 Å². The van der Waals surface area contributed by atoms with Crippen molar-refractivity contribution in [3.63, 3.8) is 0 Å². The number of ether oxygens (including phenoxy) is 2. The van der Waals surface area contributed by atoms with Crippen LogP contribution in [0.3, 0.4) is 0 Å². The van der Waals surface area contributed by atoms with E-state index in [1.54, 1.807) is 18.3 Å². The third kappa shape index (κ3) is 3.88. The van der Waals surface area contributed by atoms with Gasteiger partial charge in [0.25, 0.3) is 0 Å². The lowest BCUT2D eigenvalue weighted by atomic mass is 9.95. The van der Waals surface area contributed by atoms with Gasteiger partial charge in [-0.1, -0.05) is 17.7 Å². The lowest BCUT2D eigenvalue weighted by Gasteiger charge is -2.40. The Balaban J connectivity index is 1.25. The summed E-state index contributed by atoms with van der Waals surface area (Å²) in [6.45, 7) is 2.40. The highest BCUT2D eigenvalue weighted by molar-refractivity contribution is 6.37. The fourth-order valence-corrected chi connectivity index (χ4v) is 8.80. The van der Waals surface area contributed by atoms with Gasteiger partial charge in [0.15, 0.2) is 17.4 Å². The predicted octanol–water partition coefficient (Wildman–Crippen LogP) is 3.85. The number of aromatic nitrogens is 4. The minimum Gasteiger partial charge on any atom is -0.489 e. The first-order valence-electron chi connectivity index (χ1n) is 15.4. The number of nitrogens with zero attached hydrogens (tertiary/aromatic N) is 7. The number of nitrogens with two attached hydrogens (primary N) is 1. The minimum atomic E-state index is -0.909. The fourth-order valence-electron chi connectivity index (χ4n) is 8.46. The molecule has 4 fully saturated rings. The molecule has 2 bridgehead atoms. The Bertz CT molecular complexity index is 1950. The molecule has 0 unspecified atom stereocenters. The zero-order valence-corrected chi connectivity index (χ0v) is 25.0. The summed E-state index contributed by atoms with van der Waals surface area (Å²) < 4.78 is 45.8. The number of fused-ring (bicyclic) bond motifs is 7. The van der Waals surface area contributed by atoms with Crippen molar-refractivity contribution in [2.24, 2.45) is 0 Å². The van der Waals surface area contributed by atoms with Crippen molar-refractivity contribution in [1.82, 2.24) is 29.8 Å². The van der Waals surface area contributed by atoms with Crippen LogP contribution in [0.2, 0.25) is 5.02 Å². The van der Waals surface area contributed by atoms with E-state index in [4.69, 9.17) is 31.8 Å².